The van der Waals surface area contributed by atoms with E-state index < -0.39 is 0 Å². The van der Waals surface area contributed by atoms with Crippen molar-refractivity contribution in [2.45, 2.75) is 71.8 Å². The first kappa shape index (κ1) is 12.7. The molecule has 0 saturated carbocycles. The molecule has 0 fully saturated rings. The molecule has 0 amide bonds. The van der Waals surface area contributed by atoms with E-state index in [-0.39, 0.29) is 0 Å². The van der Waals surface area contributed by atoms with Crippen molar-refractivity contribution in [3.63, 3.8) is 0 Å². The van der Waals surface area contributed by atoms with Crippen LogP contribution in [-0.4, -0.2) is 9.55 Å². The Bertz CT molecular complexity index is 354. The van der Waals surface area contributed by atoms with Gasteiger partial charge in [0.05, 0.1) is 5.69 Å². The van der Waals surface area contributed by atoms with Gasteiger partial charge in [0.2, 0.25) is 0 Å². The third kappa shape index (κ3) is 3.11. The van der Waals surface area contributed by atoms with Crippen molar-refractivity contribution in [3.05, 3.63) is 17.7 Å². The number of hydrogen-bond acceptors (Lipinski definition) is 1. The molecule has 0 bridgehead atoms. The second-order valence-electron chi connectivity index (χ2n) is 5.76. The Balaban J connectivity index is 1.95. The minimum Gasteiger partial charge on any atom is -0.332 e. The fraction of sp³-hybridized carbons (Fsp3) is 0.800. The summed E-state index contributed by atoms with van der Waals surface area (Å²) < 4.78 is 2.41. The average Bonchev–Trinajstić information content (AvgIpc) is 2.67. The van der Waals surface area contributed by atoms with Crippen LogP contribution < -0.4 is 0 Å². The molecule has 0 aliphatic carbocycles. The molecule has 0 saturated heterocycles. The van der Waals surface area contributed by atoms with Crippen molar-refractivity contribution >= 4 is 0 Å². The third-order valence-electron chi connectivity index (χ3n) is 3.89. The molecule has 2 unspecified atom stereocenters. The lowest BCUT2D eigenvalue weighted by molar-refractivity contribution is 0.343. The van der Waals surface area contributed by atoms with Gasteiger partial charge in [0, 0.05) is 18.7 Å². The molecule has 2 rings (SSSR count). The zero-order chi connectivity index (χ0) is 12.3. The van der Waals surface area contributed by atoms with E-state index in [1.165, 1.54) is 56.5 Å². The highest BCUT2D eigenvalue weighted by Crippen LogP contribution is 2.28. The van der Waals surface area contributed by atoms with Crippen LogP contribution in [0.1, 0.15) is 70.4 Å². The molecule has 2 nitrogen and oxygen atoms in total. The second-order valence-corrected chi connectivity index (χ2v) is 5.76. The first-order chi connectivity index (χ1) is 8.20. The Morgan fingerprint density at radius 1 is 1.29 bits per heavy atom. The highest BCUT2D eigenvalue weighted by atomic mass is 15.1. The van der Waals surface area contributed by atoms with E-state index in [1.807, 2.05) is 0 Å². The number of aromatic nitrogens is 2. The van der Waals surface area contributed by atoms with Gasteiger partial charge in [0.1, 0.15) is 5.82 Å². The van der Waals surface area contributed by atoms with Crippen LogP contribution in [0.25, 0.3) is 0 Å². The lowest BCUT2D eigenvalue weighted by Gasteiger charge is -2.26. The van der Waals surface area contributed by atoms with Crippen LogP contribution in [0.2, 0.25) is 0 Å². The lowest BCUT2D eigenvalue weighted by atomic mass is 9.95. The zero-order valence-corrected chi connectivity index (χ0v) is 11.6. The third-order valence-corrected chi connectivity index (χ3v) is 3.89. The molecule has 1 aromatic rings. The molecular weight excluding hydrogens is 208 g/mol. The summed E-state index contributed by atoms with van der Waals surface area (Å²) in [7, 11) is 0. The normalized spacial score (nSPS) is 23.7. The predicted octanol–water partition coefficient (Wildman–Crippen LogP) is 4.15. The van der Waals surface area contributed by atoms with Crippen LogP contribution >= 0.6 is 0 Å². The highest BCUT2D eigenvalue weighted by Gasteiger charge is 2.22. The van der Waals surface area contributed by atoms with E-state index >= 15 is 0 Å². The topological polar surface area (TPSA) is 17.8 Å². The molecule has 1 aliphatic rings. The van der Waals surface area contributed by atoms with Gasteiger partial charge in [-0.3, -0.25) is 0 Å². The highest BCUT2D eigenvalue weighted by molar-refractivity contribution is 5.08. The summed E-state index contributed by atoms with van der Waals surface area (Å²) in [6.45, 7) is 6.93. The summed E-state index contributed by atoms with van der Waals surface area (Å²) >= 11 is 0. The quantitative estimate of drug-likeness (QED) is 0.700. The van der Waals surface area contributed by atoms with Crippen molar-refractivity contribution in [2.24, 2.45) is 5.92 Å². The summed E-state index contributed by atoms with van der Waals surface area (Å²) in [6.07, 6.45) is 11.3. The van der Waals surface area contributed by atoms with Gasteiger partial charge in [-0.15, -0.1) is 0 Å². The number of rotatable bonds is 5. The summed E-state index contributed by atoms with van der Waals surface area (Å²) in [6, 6.07) is 0.644. The fourth-order valence-corrected chi connectivity index (χ4v) is 2.96. The minimum absolute atomic E-state index is 0.644. The van der Waals surface area contributed by atoms with E-state index in [4.69, 9.17) is 4.98 Å². The van der Waals surface area contributed by atoms with E-state index in [0.29, 0.717) is 6.04 Å². The monoisotopic (exact) mass is 234 g/mol. The van der Waals surface area contributed by atoms with Crippen molar-refractivity contribution in [3.8, 4) is 0 Å². The molecule has 0 aromatic carbocycles. The minimum atomic E-state index is 0.644. The zero-order valence-electron chi connectivity index (χ0n) is 11.6. The molecule has 17 heavy (non-hydrogen) atoms. The van der Waals surface area contributed by atoms with Gasteiger partial charge in [-0.2, -0.15) is 0 Å². The van der Waals surface area contributed by atoms with Crippen LogP contribution in [0.5, 0.6) is 0 Å². The standard InChI is InChI=1S/C15H26N2/c1-4-5-6-7-8-14-11-17-13(3)9-12(2)10-15(17)16-14/h11-13H,4-10H2,1-3H3. The van der Waals surface area contributed by atoms with Gasteiger partial charge in [-0.25, -0.2) is 4.98 Å². The van der Waals surface area contributed by atoms with E-state index in [9.17, 15) is 0 Å². The average molecular weight is 234 g/mol. The fourth-order valence-electron chi connectivity index (χ4n) is 2.96. The summed E-state index contributed by atoms with van der Waals surface area (Å²) in [5.74, 6) is 2.12. The number of imidazole rings is 1. The first-order valence-electron chi connectivity index (χ1n) is 7.27. The number of hydrogen-bond donors (Lipinski definition) is 0. The Kier molecular flexibility index (Phi) is 4.25. The van der Waals surface area contributed by atoms with Crippen molar-refractivity contribution in [1.29, 1.82) is 0 Å². The largest absolute Gasteiger partial charge is 0.332 e. The number of fused-ring (bicyclic) bond motifs is 1. The maximum absolute atomic E-state index is 4.81. The van der Waals surface area contributed by atoms with Crippen molar-refractivity contribution in [1.82, 2.24) is 9.55 Å². The maximum Gasteiger partial charge on any atom is 0.109 e. The molecule has 2 atom stereocenters. The Morgan fingerprint density at radius 2 is 2.12 bits per heavy atom. The first-order valence-corrected chi connectivity index (χ1v) is 7.27. The van der Waals surface area contributed by atoms with Gasteiger partial charge in [0.25, 0.3) is 0 Å². The maximum atomic E-state index is 4.81. The van der Waals surface area contributed by atoms with Crippen LogP contribution in [0, 0.1) is 5.92 Å². The van der Waals surface area contributed by atoms with Gasteiger partial charge in [-0.1, -0.05) is 33.1 Å². The van der Waals surface area contributed by atoms with Crippen molar-refractivity contribution in [2.75, 3.05) is 0 Å². The number of aryl methyl sites for hydroxylation is 1. The summed E-state index contributed by atoms with van der Waals surface area (Å²) in [5, 5.41) is 0. The predicted molar refractivity (Wildman–Crippen MR) is 72.3 cm³/mol. The smallest absolute Gasteiger partial charge is 0.109 e. The molecule has 96 valence electrons. The van der Waals surface area contributed by atoms with Gasteiger partial charge >= 0.3 is 0 Å². The second kappa shape index (κ2) is 5.70. The molecular formula is C15H26N2. The summed E-state index contributed by atoms with van der Waals surface area (Å²) in [4.78, 5) is 4.81. The van der Waals surface area contributed by atoms with Crippen molar-refractivity contribution < 1.29 is 0 Å². The van der Waals surface area contributed by atoms with Crippen LogP contribution in [0.4, 0.5) is 0 Å². The van der Waals surface area contributed by atoms with Crippen LogP contribution in [0.15, 0.2) is 6.20 Å². The number of unbranched alkanes of at least 4 members (excludes halogenated alkanes) is 3. The molecule has 2 heteroatoms. The molecule has 2 heterocycles. The van der Waals surface area contributed by atoms with Crippen LogP contribution in [-0.2, 0) is 12.8 Å². The van der Waals surface area contributed by atoms with Gasteiger partial charge in [-0.05, 0) is 32.1 Å². The molecule has 0 radical (unpaired) electrons. The molecule has 0 N–H and O–H groups in total. The molecule has 1 aromatic heterocycles. The van der Waals surface area contributed by atoms with Crippen LogP contribution in [0.3, 0.4) is 0 Å². The SMILES string of the molecule is CCCCCCc1cn2c(n1)CC(C)CC2C. The number of nitrogens with zero attached hydrogens (tertiary/aromatic N) is 2. The Hall–Kier alpha value is -0.790. The molecule has 1 aliphatic heterocycles. The lowest BCUT2D eigenvalue weighted by Crippen LogP contribution is -2.20. The van der Waals surface area contributed by atoms with E-state index in [2.05, 4.69) is 31.5 Å². The molecule has 0 spiro atoms. The Labute approximate surface area is 105 Å². The van der Waals surface area contributed by atoms with Gasteiger partial charge < -0.3 is 4.57 Å². The van der Waals surface area contributed by atoms with E-state index in [0.717, 1.165) is 5.92 Å². The summed E-state index contributed by atoms with van der Waals surface area (Å²) in [5.41, 5.74) is 1.32. The Morgan fingerprint density at radius 3 is 2.88 bits per heavy atom. The van der Waals surface area contributed by atoms with Gasteiger partial charge in [0.15, 0.2) is 0 Å². The van der Waals surface area contributed by atoms with E-state index in [1.54, 1.807) is 0 Å².